The molecule has 21 heavy (non-hydrogen) atoms. The molecule has 1 aliphatic rings. The Kier molecular flexibility index (Phi) is 4.96. The number of nitrogens with zero attached hydrogens (tertiary/aromatic N) is 1. The van der Waals surface area contributed by atoms with E-state index in [0.29, 0.717) is 23.5 Å². The molecule has 0 atom stereocenters. The summed E-state index contributed by atoms with van der Waals surface area (Å²) in [6, 6.07) is 4.35. The van der Waals surface area contributed by atoms with E-state index in [0.717, 1.165) is 0 Å². The van der Waals surface area contributed by atoms with Crippen molar-refractivity contribution in [1.82, 2.24) is 0 Å². The quantitative estimate of drug-likeness (QED) is 0.400. The summed E-state index contributed by atoms with van der Waals surface area (Å²) in [5, 5.41) is 18.8. The van der Waals surface area contributed by atoms with Crippen molar-refractivity contribution in [1.29, 1.82) is 5.41 Å². The van der Waals surface area contributed by atoms with E-state index in [4.69, 9.17) is 14.9 Å². The molecule has 0 aliphatic carbocycles. The maximum atomic E-state index is 10.9. The standard InChI is InChI=1S/C14H16N2O4.ClH/c1-4-19-13(15)11-8-14(2,3)20-12-6-5-9(16(17)18)7-10(11)12;/h5-8,15H,4H2,1-3H3;1H. The molecule has 0 saturated carbocycles. The molecule has 0 saturated heterocycles. The Balaban J connectivity index is 0.00000220. The molecule has 0 unspecified atom stereocenters. The van der Waals surface area contributed by atoms with Crippen molar-refractivity contribution >= 4 is 29.6 Å². The largest absolute Gasteiger partial charge is 0.483 e. The van der Waals surface area contributed by atoms with Crippen molar-refractivity contribution in [3.63, 3.8) is 0 Å². The number of rotatable bonds is 3. The summed E-state index contributed by atoms with van der Waals surface area (Å²) in [5.41, 5.74) is 0.392. The van der Waals surface area contributed by atoms with Crippen molar-refractivity contribution in [2.75, 3.05) is 6.61 Å². The molecule has 1 aromatic rings. The van der Waals surface area contributed by atoms with E-state index in [2.05, 4.69) is 0 Å². The van der Waals surface area contributed by atoms with Crippen LogP contribution in [0.15, 0.2) is 24.3 Å². The molecule has 1 heterocycles. The molecule has 0 radical (unpaired) electrons. The van der Waals surface area contributed by atoms with E-state index < -0.39 is 10.5 Å². The average molecular weight is 313 g/mol. The zero-order valence-corrected chi connectivity index (χ0v) is 12.8. The number of nitro groups is 1. The summed E-state index contributed by atoms with van der Waals surface area (Å²) >= 11 is 0. The third kappa shape index (κ3) is 3.52. The topological polar surface area (TPSA) is 85.5 Å². The number of hydrogen-bond acceptors (Lipinski definition) is 5. The predicted molar refractivity (Wildman–Crippen MR) is 82.4 cm³/mol. The fourth-order valence-corrected chi connectivity index (χ4v) is 2.08. The smallest absolute Gasteiger partial charge is 0.270 e. The van der Waals surface area contributed by atoms with E-state index in [9.17, 15) is 10.1 Å². The second-order valence-electron chi connectivity index (χ2n) is 4.96. The molecule has 6 nitrogen and oxygen atoms in total. The van der Waals surface area contributed by atoms with Gasteiger partial charge in [0.2, 0.25) is 5.90 Å². The van der Waals surface area contributed by atoms with Crippen LogP contribution in [-0.2, 0) is 4.74 Å². The Morgan fingerprint density at radius 2 is 2.14 bits per heavy atom. The number of ether oxygens (including phenoxy) is 2. The number of nitrogens with one attached hydrogen (secondary N) is 1. The van der Waals surface area contributed by atoms with Gasteiger partial charge in [0.15, 0.2) is 0 Å². The molecule has 0 aromatic heterocycles. The Hall–Kier alpha value is -2.08. The van der Waals surface area contributed by atoms with Gasteiger partial charge in [-0.1, -0.05) is 0 Å². The van der Waals surface area contributed by atoms with Crippen LogP contribution in [0, 0.1) is 15.5 Å². The van der Waals surface area contributed by atoms with Gasteiger partial charge in [-0.2, -0.15) is 0 Å². The number of fused-ring (bicyclic) bond motifs is 1. The van der Waals surface area contributed by atoms with E-state index >= 15 is 0 Å². The van der Waals surface area contributed by atoms with E-state index in [1.807, 2.05) is 13.8 Å². The van der Waals surface area contributed by atoms with Gasteiger partial charge in [0.25, 0.3) is 5.69 Å². The van der Waals surface area contributed by atoms with Crippen LogP contribution in [0.2, 0.25) is 0 Å². The lowest BCUT2D eigenvalue weighted by molar-refractivity contribution is -0.384. The van der Waals surface area contributed by atoms with Crippen LogP contribution in [0.1, 0.15) is 26.3 Å². The SMILES string of the molecule is CCOC(=N)C1=CC(C)(C)Oc2ccc([N+](=O)[O-])cc21.Cl. The number of non-ortho nitro benzene ring substituents is 1. The van der Waals surface area contributed by atoms with Gasteiger partial charge >= 0.3 is 0 Å². The van der Waals surface area contributed by atoms with Crippen LogP contribution < -0.4 is 4.74 Å². The highest BCUT2D eigenvalue weighted by Crippen LogP contribution is 2.38. The first kappa shape index (κ1) is 17.0. The van der Waals surface area contributed by atoms with Crippen LogP contribution in [-0.4, -0.2) is 23.0 Å². The summed E-state index contributed by atoms with van der Waals surface area (Å²) in [6.07, 6.45) is 1.75. The molecule has 0 amide bonds. The Bertz CT molecular complexity index is 611. The maximum Gasteiger partial charge on any atom is 0.270 e. The second-order valence-corrected chi connectivity index (χ2v) is 4.96. The molecule has 1 aliphatic heterocycles. The number of nitro benzene ring substituents is 1. The lowest BCUT2D eigenvalue weighted by atomic mass is 9.94. The monoisotopic (exact) mass is 312 g/mol. The highest BCUT2D eigenvalue weighted by Gasteiger charge is 2.30. The molecule has 1 N–H and O–H groups in total. The molecule has 2 rings (SSSR count). The fourth-order valence-electron chi connectivity index (χ4n) is 2.08. The van der Waals surface area contributed by atoms with Gasteiger partial charge in [0.05, 0.1) is 11.5 Å². The molecule has 0 bridgehead atoms. The van der Waals surface area contributed by atoms with Crippen molar-refractivity contribution in [2.45, 2.75) is 26.4 Å². The van der Waals surface area contributed by atoms with Crippen LogP contribution >= 0.6 is 12.4 Å². The lowest BCUT2D eigenvalue weighted by Crippen LogP contribution is -2.30. The predicted octanol–water partition coefficient (Wildman–Crippen LogP) is 3.58. The zero-order valence-electron chi connectivity index (χ0n) is 12.0. The Labute approximate surface area is 128 Å². The minimum atomic E-state index is -0.595. The van der Waals surface area contributed by atoms with Crippen molar-refractivity contribution in [3.05, 3.63) is 40.0 Å². The van der Waals surface area contributed by atoms with E-state index in [-0.39, 0.29) is 24.0 Å². The average Bonchev–Trinajstić information content (AvgIpc) is 2.36. The minimum Gasteiger partial charge on any atom is -0.483 e. The second kappa shape index (κ2) is 6.13. The summed E-state index contributed by atoms with van der Waals surface area (Å²) in [5.74, 6) is 0.508. The lowest BCUT2D eigenvalue weighted by Gasteiger charge is -2.30. The molecular weight excluding hydrogens is 296 g/mol. The Morgan fingerprint density at radius 1 is 1.48 bits per heavy atom. The highest BCUT2D eigenvalue weighted by molar-refractivity contribution is 6.19. The van der Waals surface area contributed by atoms with Crippen molar-refractivity contribution in [3.8, 4) is 5.75 Å². The van der Waals surface area contributed by atoms with Crippen molar-refractivity contribution < 1.29 is 14.4 Å². The normalized spacial score (nSPS) is 14.9. The summed E-state index contributed by atoms with van der Waals surface area (Å²) in [7, 11) is 0. The van der Waals surface area contributed by atoms with Crippen LogP contribution in [0.3, 0.4) is 0 Å². The zero-order chi connectivity index (χ0) is 14.9. The fraction of sp³-hybridized carbons (Fsp3) is 0.357. The Morgan fingerprint density at radius 3 is 2.71 bits per heavy atom. The van der Waals surface area contributed by atoms with Gasteiger partial charge in [-0.25, -0.2) is 0 Å². The van der Waals surface area contributed by atoms with Crippen molar-refractivity contribution in [2.24, 2.45) is 0 Å². The number of benzene rings is 1. The molecule has 7 heteroatoms. The molecule has 114 valence electrons. The summed E-state index contributed by atoms with van der Waals surface area (Å²) in [4.78, 5) is 10.4. The summed E-state index contributed by atoms with van der Waals surface area (Å²) in [6.45, 7) is 5.86. The third-order valence-electron chi connectivity index (χ3n) is 2.86. The minimum absolute atomic E-state index is 0. The van der Waals surface area contributed by atoms with E-state index in [1.54, 1.807) is 19.1 Å². The van der Waals surface area contributed by atoms with Gasteiger partial charge in [-0.3, -0.25) is 15.5 Å². The first-order valence-electron chi connectivity index (χ1n) is 6.26. The van der Waals surface area contributed by atoms with Crippen LogP contribution in [0.5, 0.6) is 5.75 Å². The molecular formula is C14H17ClN2O4. The van der Waals surface area contributed by atoms with Crippen LogP contribution in [0.25, 0.3) is 5.57 Å². The molecule has 0 fully saturated rings. The first-order valence-corrected chi connectivity index (χ1v) is 6.26. The number of halogens is 1. The van der Waals surface area contributed by atoms with Gasteiger partial charge < -0.3 is 9.47 Å². The van der Waals surface area contributed by atoms with Gasteiger partial charge in [0, 0.05) is 23.3 Å². The maximum absolute atomic E-state index is 10.9. The number of hydrogen-bond donors (Lipinski definition) is 1. The highest BCUT2D eigenvalue weighted by atomic mass is 35.5. The van der Waals surface area contributed by atoms with Gasteiger partial charge in [-0.15, -0.1) is 12.4 Å². The first-order chi connectivity index (χ1) is 9.34. The van der Waals surface area contributed by atoms with Gasteiger partial charge in [0.1, 0.15) is 11.4 Å². The van der Waals surface area contributed by atoms with E-state index in [1.165, 1.54) is 12.1 Å². The summed E-state index contributed by atoms with van der Waals surface area (Å²) < 4.78 is 11.0. The van der Waals surface area contributed by atoms with Gasteiger partial charge in [-0.05, 0) is 32.9 Å². The molecule has 0 spiro atoms. The molecule has 1 aromatic carbocycles. The third-order valence-corrected chi connectivity index (χ3v) is 2.86. The van der Waals surface area contributed by atoms with Crippen LogP contribution in [0.4, 0.5) is 5.69 Å².